The van der Waals surface area contributed by atoms with E-state index in [-0.39, 0.29) is 17.4 Å². The monoisotopic (exact) mass is 499 g/mol. The van der Waals surface area contributed by atoms with Gasteiger partial charge in [0.1, 0.15) is 11.9 Å². The van der Waals surface area contributed by atoms with E-state index in [1.807, 2.05) is 26.0 Å². The predicted octanol–water partition coefficient (Wildman–Crippen LogP) is 3.63. The molecule has 8 nitrogen and oxygen atoms in total. The van der Waals surface area contributed by atoms with Crippen LogP contribution in [0.25, 0.3) is 11.4 Å². The third-order valence-electron chi connectivity index (χ3n) is 5.95. The maximum Gasteiger partial charge on any atom is 0.254 e. The van der Waals surface area contributed by atoms with Crippen LogP contribution >= 0.6 is 11.6 Å². The van der Waals surface area contributed by atoms with Gasteiger partial charge in [-0.25, -0.2) is 4.39 Å². The maximum atomic E-state index is 14.0. The number of carbonyl (C=O) groups excluding carboxylic acids is 2. The summed E-state index contributed by atoms with van der Waals surface area (Å²) in [6.45, 7) is 6.42. The number of hydrogen-bond acceptors (Lipinski definition) is 6. The molecule has 2 aromatic carbocycles. The highest BCUT2D eigenvalue weighted by Gasteiger charge is 2.31. The van der Waals surface area contributed by atoms with Crippen LogP contribution in [-0.4, -0.2) is 64.0 Å². The third kappa shape index (κ3) is 6.04. The second-order valence-corrected chi connectivity index (χ2v) is 9.23. The van der Waals surface area contributed by atoms with Crippen LogP contribution in [0.4, 0.5) is 4.39 Å². The van der Waals surface area contributed by atoms with Crippen molar-refractivity contribution in [1.29, 1.82) is 0 Å². The average Bonchev–Trinajstić information content (AvgIpc) is 3.31. The molecule has 0 aliphatic carbocycles. The number of amides is 2. The molecule has 1 aliphatic heterocycles. The smallest absolute Gasteiger partial charge is 0.254 e. The maximum absolute atomic E-state index is 14.0. The summed E-state index contributed by atoms with van der Waals surface area (Å²) >= 11 is 5.93. The van der Waals surface area contributed by atoms with Gasteiger partial charge in [0.25, 0.3) is 5.91 Å². The molecule has 0 radical (unpaired) electrons. The standard InChI is InChI=1S/C25H27ClFN5O3/c1-16(2)22(29-24(33)19-5-3-4-6-20(19)27)25(34)32-13-11-31(12-14-32)15-21-28-23(30-35-21)17-7-9-18(26)10-8-17/h3-10,16,22H,11-15H2,1-2H3,(H,29,33). The summed E-state index contributed by atoms with van der Waals surface area (Å²) in [7, 11) is 0. The Kier molecular flexibility index (Phi) is 7.77. The van der Waals surface area contributed by atoms with Gasteiger partial charge in [-0.15, -0.1) is 0 Å². The van der Waals surface area contributed by atoms with Crippen molar-refractivity contribution in [1.82, 2.24) is 25.3 Å². The zero-order valence-electron chi connectivity index (χ0n) is 19.6. The molecule has 1 atom stereocenters. The molecule has 1 saturated heterocycles. The van der Waals surface area contributed by atoms with Gasteiger partial charge in [0.2, 0.25) is 17.6 Å². The van der Waals surface area contributed by atoms with Crippen LogP contribution in [0.15, 0.2) is 53.1 Å². The van der Waals surface area contributed by atoms with Gasteiger partial charge in [0, 0.05) is 36.8 Å². The number of hydrogen-bond donors (Lipinski definition) is 1. The molecule has 1 aromatic heterocycles. The Bertz CT molecular complexity index is 1180. The van der Waals surface area contributed by atoms with Crippen molar-refractivity contribution in [3.8, 4) is 11.4 Å². The Balaban J connectivity index is 1.32. The molecule has 4 rings (SSSR count). The van der Waals surface area contributed by atoms with Gasteiger partial charge < -0.3 is 14.7 Å². The Labute approximate surface area is 208 Å². The third-order valence-corrected chi connectivity index (χ3v) is 6.20. The fraction of sp³-hybridized carbons (Fsp3) is 0.360. The van der Waals surface area contributed by atoms with Crippen LogP contribution in [0, 0.1) is 11.7 Å². The minimum atomic E-state index is -0.744. The summed E-state index contributed by atoms with van der Waals surface area (Å²) in [5.41, 5.74) is 0.741. The van der Waals surface area contributed by atoms with Crippen molar-refractivity contribution >= 4 is 23.4 Å². The molecule has 1 aliphatic rings. The second kappa shape index (κ2) is 11.0. The van der Waals surface area contributed by atoms with Crippen LogP contribution in [0.1, 0.15) is 30.1 Å². The number of carbonyl (C=O) groups is 2. The average molecular weight is 500 g/mol. The fourth-order valence-corrected chi connectivity index (χ4v) is 4.05. The zero-order valence-corrected chi connectivity index (χ0v) is 20.3. The van der Waals surface area contributed by atoms with E-state index in [2.05, 4.69) is 20.4 Å². The van der Waals surface area contributed by atoms with E-state index in [0.29, 0.717) is 49.5 Å². The van der Waals surface area contributed by atoms with Gasteiger partial charge in [0.15, 0.2) is 0 Å². The number of benzene rings is 2. The molecular weight excluding hydrogens is 473 g/mol. The van der Waals surface area contributed by atoms with Gasteiger partial charge >= 0.3 is 0 Å². The molecule has 10 heteroatoms. The molecule has 35 heavy (non-hydrogen) atoms. The van der Waals surface area contributed by atoms with Crippen LogP contribution in [0.2, 0.25) is 5.02 Å². The molecular formula is C25H27ClFN5O3. The largest absolute Gasteiger partial charge is 0.340 e. The number of nitrogens with one attached hydrogen (secondary N) is 1. The van der Waals surface area contributed by atoms with E-state index in [9.17, 15) is 14.0 Å². The highest BCUT2D eigenvalue weighted by molar-refractivity contribution is 6.30. The van der Waals surface area contributed by atoms with E-state index < -0.39 is 17.8 Å². The first kappa shape index (κ1) is 24.8. The summed E-state index contributed by atoms with van der Waals surface area (Å²) in [6, 6.07) is 12.2. The van der Waals surface area contributed by atoms with Crippen LogP contribution < -0.4 is 5.32 Å². The summed E-state index contributed by atoms with van der Waals surface area (Å²) < 4.78 is 19.4. The lowest BCUT2D eigenvalue weighted by atomic mass is 10.0. The van der Waals surface area contributed by atoms with Gasteiger partial charge in [0.05, 0.1) is 12.1 Å². The van der Waals surface area contributed by atoms with Crippen LogP contribution in [-0.2, 0) is 11.3 Å². The molecule has 3 aromatic rings. The summed E-state index contributed by atoms with van der Waals surface area (Å²) in [4.78, 5) is 34.1. The summed E-state index contributed by atoms with van der Waals surface area (Å²) in [6.07, 6.45) is 0. The van der Waals surface area contributed by atoms with Crippen molar-refractivity contribution in [3.63, 3.8) is 0 Å². The lowest BCUT2D eigenvalue weighted by molar-refractivity contribution is -0.136. The van der Waals surface area contributed by atoms with E-state index in [1.54, 1.807) is 23.1 Å². The number of rotatable bonds is 7. The number of halogens is 2. The van der Waals surface area contributed by atoms with Crippen molar-refractivity contribution in [2.24, 2.45) is 5.92 Å². The van der Waals surface area contributed by atoms with Crippen LogP contribution in [0.3, 0.4) is 0 Å². The lowest BCUT2D eigenvalue weighted by Crippen LogP contribution is -2.56. The molecule has 1 N–H and O–H groups in total. The zero-order chi connectivity index (χ0) is 24.9. The van der Waals surface area contributed by atoms with Gasteiger partial charge in [-0.05, 0) is 42.3 Å². The van der Waals surface area contributed by atoms with Crippen molar-refractivity contribution in [2.45, 2.75) is 26.4 Å². The van der Waals surface area contributed by atoms with E-state index in [0.717, 1.165) is 5.56 Å². The first-order valence-corrected chi connectivity index (χ1v) is 11.8. The molecule has 1 unspecified atom stereocenters. The van der Waals surface area contributed by atoms with Crippen molar-refractivity contribution in [2.75, 3.05) is 26.2 Å². The number of aromatic nitrogens is 2. The topological polar surface area (TPSA) is 91.6 Å². The number of piperazine rings is 1. The Morgan fingerprint density at radius 3 is 2.43 bits per heavy atom. The lowest BCUT2D eigenvalue weighted by Gasteiger charge is -2.36. The Morgan fingerprint density at radius 1 is 1.09 bits per heavy atom. The summed E-state index contributed by atoms with van der Waals surface area (Å²) in [5, 5.41) is 7.39. The normalized spacial score (nSPS) is 15.3. The van der Waals surface area contributed by atoms with E-state index in [1.165, 1.54) is 18.2 Å². The number of nitrogens with zero attached hydrogens (tertiary/aromatic N) is 4. The summed E-state index contributed by atoms with van der Waals surface area (Å²) in [5.74, 6) is -0.550. The van der Waals surface area contributed by atoms with E-state index >= 15 is 0 Å². The quantitative estimate of drug-likeness (QED) is 0.534. The van der Waals surface area contributed by atoms with Gasteiger partial charge in [-0.1, -0.05) is 42.7 Å². The second-order valence-electron chi connectivity index (χ2n) is 8.80. The first-order valence-electron chi connectivity index (χ1n) is 11.5. The molecule has 0 spiro atoms. The Hall–Kier alpha value is -3.30. The molecule has 0 saturated carbocycles. The molecule has 1 fully saturated rings. The van der Waals surface area contributed by atoms with E-state index in [4.69, 9.17) is 16.1 Å². The molecule has 0 bridgehead atoms. The van der Waals surface area contributed by atoms with Gasteiger partial charge in [-0.2, -0.15) is 4.98 Å². The SMILES string of the molecule is CC(C)C(NC(=O)c1ccccc1F)C(=O)N1CCN(Cc2nc(-c3ccc(Cl)cc3)no2)CC1. The first-order chi connectivity index (χ1) is 16.8. The highest BCUT2D eigenvalue weighted by Crippen LogP contribution is 2.20. The fourth-order valence-electron chi connectivity index (χ4n) is 3.93. The molecule has 2 amide bonds. The molecule has 184 valence electrons. The van der Waals surface area contributed by atoms with Crippen molar-refractivity contribution < 1.29 is 18.5 Å². The Morgan fingerprint density at radius 2 is 1.77 bits per heavy atom. The predicted molar refractivity (Wildman–Crippen MR) is 129 cm³/mol. The van der Waals surface area contributed by atoms with Gasteiger partial charge in [-0.3, -0.25) is 14.5 Å². The minimum absolute atomic E-state index is 0.0757. The minimum Gasteiger partial charge on any atom is -0.340 e. The highest BCUT2D eigenvalue weighted by atomic mass is 35.5. The van der Waals surface area contributed by atoms with Crippen LogP contribution in [0.5, 0.6) is 0 Å². The van der Waals surface area contributed by atoms with Crippen molar-refractivity contribution in [3.05, 3.63) is 70.8 Å². The molecule has 2 heterocycles.